The summed E-state index contributed by atoms with van der Waals surface area (Å²) in [6, 6.07) is 7.83. The van der Waals surface area contributed by atoms with Crippen LogP contribution in [-0.4, -0.2) is 19.5 Å². The van der Waals surface area contributed by atoms with E-state index in [2.05, 4.69) is 5.16 Å². The molecule has 0 bridgehead atoms. The van der Waals surface area contributed by atoms with E-state index >= 15 is 0 Å². The maximum absolute atomic E-state index is 11.3. The Kier molecular flexibility index (Phi) is 2.84. The van der Waals surface area contributed by atoms with Gasteiger partial charge in [0.2, 0.25) is 9.84 Å². The van der Waals surface area contributed by atoms with E-state index in [0.717, 1.165) is 0 Å². The van der Waals surface area contributed by atoms with Gasteiger partial charge in [0.05, 0.1) is 4.90 Å². The molecule has 0 atom stereocenters. The van der Waals surface area contributed by atoms with Crippen LogP contribution in [0, 0.1) is 0 Å². The molecule has 1 aromatic carbocycles. The molecule has 0 saturated carbocycles. The number of sulfone groups is 1. The zero-order valence-electron chi connectivity index (χ0n) is 6.58. The van der Waals surface area contributed by atoms with E-state index in [1.807, 2.05) is 5.87 Å². The normalized spacial score (nSPS) is 10.2. The van der Waals surface area contributed by atoms with Crippen molar-refractivity contribution >= 4 is 15.7 Å². The summed E-state index contributed by atoms with van der Waals surface area (Å²) in [5, 5.41) is 11.2. The summed E-state index contributed by atoms with van der Waals surface area (Å²) in [6.45, 7) is 0. The van der Waals surface area contributed by atoms with Gasteiger partial charge in [-0.25, -0.2) is 8.42 Å². The predicted molar refractivity (Wildman–Crippen MR) is 47.4 cm³/mol. The lowest BCUT2D eigenvalue weighted by Crippen LogP contribution is -1.95. The molecule has 0 spiro atoms. The Labute approximate surface area is 75.7 Å². The highest BCUT2D eigenvalue weighted by atomic mass is 32.2. The van der Waals surface area contributed by atoms with Crippen LogP contribution in [0.25, 0.3) is 0 Å². The minimum Gasteiger partial charge on any atom is -0.404 e. The topological polar surface area (TPSA) is 66.7 Å². The van der Waals surface area contributed by atoms with Crippen LogP contribution in [0.1, 0.15) is 0 Å². The molecule has 0 saturated heterocycles. The van der Waals surface area contributed by atoms with Crippen LogP contribution >= 0.6 is 0 Å². The molecule has 0 unspecified atom stereocenters. The number of benzene rings is 1. The summed E-state index contributed by atoms with van der Waals surface area (Å²) in [7, 11) is -3.51. The summed E-state index contributed by atoms with van der Waals surface area (Å²) >= 11 is 0. The molecular weight excluding hydrogens is 190 g/mol. The first-order valence-electron chi connectivity index (χ1n) is 3.40. The van der Waals surface area contributed by atoms with Gasteiger partial charge in [-0.2, -0.15) is 0 Å². The quantitative estimate of drug-likeness (QED) is 0.437. The lowest BCUT2D eigenvalue weighted by molar-refractivity contribution is 0.323. The van der Waals surface area contributed by atoms with Gasteiger partial charge in [0.25, 0.3) is 0 Å². The van der Waals surface area contributed by atoms with Gasteiger partial charge in [0, 0.05) is 5.87 Å². The molecule has 0 heterocycles. The molecule has 1 rings (SSSR count). The molecule has 0 aliphatic heterocycles. The number of hydrogen-bond acceptors (Lipinski definition) is 4. The van der Waals surface area contributed by atoms with E-state index < -0.39 is 9.84 Å². The van der Waals surface area contributed by atoms with Crippen molar-refractivity contribution in [3.63, 3.8) is 0 Å². The molecular formula is C8H7NO3S. The maximum Gasteiger partial charge on any atom is 0.208 e. The van der Waals surface area contributed by atoms with E-state index in [4.69, 9.17) is 5.21 Å². The molecule has 1 N–H and O–H groups in total. The van der Waals surface area contributed by atoms with Crippen LogP contribution in [0.4, 0.5) is 0 Å². The van der Waals surface area contributed by atoms with Gasteiger partial charge in [-0.3, -0.25) is 0 Å². The second-order valence-corrected chi connectivity index (χ2v) is 4.00. The van der Waals surface area contributed by atoms with Gasteiger partial charge in [0.1, 0.15) is 5.41 Å². The molecule has 1 aromatic rings. The predicted octanol–water partition coefficient (Wildman–Crippen LogP) is 1.03. The van der Waals surface area contributed by atoms with Crippen molar-refractivity contribution in [2.24, 2.45) is 5.16 Å². The first kappa shape index (κ1) is 9.51. The van der Waals surface area contributed by atoms with Crippen LogP contribution in [-0.2, 0) is 9.84 Å². The Morgan fingerprint density at radius 1 is 1.31 bits per heavy atom. The van der Waals surface area contributed by atoms with Gasteiger partial charge in [0.15, 0.2) is 0 Å². The van der Waals surface area contributed by atoms with E-state index in [9.17, 15) is 8.42 Å². The summed E-state index contributed by atoms with van der Waals surface area (Å²) in [6.07, 6.45) is 0. The molecule has 0 aliphatic rings. The second-order valence-electron chi connectivity index (χ2n) is 2.21. The van der Waals surface area contributed by atoms with Gasteiger partial charge < -0.3 is 5.21 Å². The van der Waals surface area contributed by atoms with Crippen LogP contribution in [0.3, 0.4) is 0 Å². The lowest BCUT2D eigenvalue weighted by Gasteiger charge is -1.94. The van der Waals surface area contributed by atoms with Crippen molar-refractivity contribution in [3.8, 4) is 0 Å². The van der Waals surface area contributed by atoms with E-state index in [0.29, 0.717) is 5.41 Å². The molecule has 0 fully saturated rings. The molecule has 68 valence electrons. The first-order valence-corrected chi connectivity index (χ1v) is 4.94. The lowest BCUT2D eigenvalue weighted by atomic mass is 10.4. The Morgan fingerprint density at radius 3 is 2.46 bits per heavy atom. The Balaban J connectivity index is 3.17. The zero-order valence-corrected chi connectivity index (χ0v) is 7.40. The Morgan fingerprint density at radius 2 is 1.92 bits per heavy atom. The van der Waals surface area contributed by atoms with Crippen molar-refractivity contribution in [2.45, 2.75) is 4.90 Å². The van der Waals surface area contributed by atoms with Gasteiger partial charge >= 0.3 is 0 Å². The minimum atomic E-state index is -3.51. The van der Waals surface area contributed by atoms with E-state index in [1.165, 1.54) is 12.1 Å². The van der Waals surface area contributed by atoms with Gasteiger partial charge in [-0.15, -0.1) is 0 Å². The molecule has 4 nitrogen and oxygen atoms in total. The number of rotatable bonds is 2. The molecule has 13 heavy (non-hydrogen) atoms. The third kappa shape index (κ3) is 2.43. The Hall–Kier alpha value is -1.58. The van der Waals surface area contributed by atoms with Gasteiger partial charge in [-0.1, -0.05) is 18.2 Å². The molecule has 0 radical (unpaired) electrons. The highest BCUT2D eigenvalue weighted by molar-refractivity contribution is 7.94. The van der Waals surface area contributed by atoms with Crippen molar-refractivity contribution in [2.75, 3.05) is 0 Å². The third-order valence-electron chi connectivity index (χ3n) is 1.34. The fourth-order valence-electron chi connectivity index (χ4n) is 0.771. The highest BCUT2D eigenvalue weighted by Gasteiger charge is 2.08. The number of nitrogens with zero attached hydrogens (tertiary/aromatic N) is 1. The summed E-state index contributed by atoms with van der Waals surface area (Å²) in [5.74, 6) is 1.85. The SMILES string of the molecule is O=S(=O)(C=C=NO)c1ccccc1. The van der Waals surface area contributed by atoms with Crippen LogP contribution in [0.5, 0.6) is 0 Å². The standard InChI is InChI=1S/C8H7NO3S/c10-9-6-7-13(11,12)8-4-2-1-3-5-8/h1-5,7,10H. The Bertz CT molecular complexity index is 430. The maximum atomic E-state index is 11.3. The summed E-state index contributed by atoms with van der Waals surface area (Å²) in [5.41, 5.74) is 0. The molecule has 0 aliphatic carbocycles. The number of hydrogen-bond donors (Lipinski definition) is 1. The van der Waals surface area contributed by atoms with Crippen LogP contribution in [0.15, 0.2) is 45.8 Å². The molecule has 5 heteroatoms. The molecule has 0 amide bonds. The second kappa shape index (κ2) is 3.89. The minimum absolute atomic E-state index is 0.145. The molecule has 0 aromatic heterocycles. The third-order valence-corrected chi connectivity index (χ3v) is 2.68. The van der Waals surface area contributed by atoms with Crippen molar-refractivity contribution in [3.05, 3.63) is 35.7 Å². The summed E-state index contributed by atoms with van der Waals surface area (Å²) < 4.78 is 22.6. The van der Waals surface area contributed by atoms with E-state index in [1.54, 1.807) is 18.2 Å². The summed E-state index contributed by atoms with van der Waals surface area (Å²) in [4.78, 5) is 0.145. The fourth-order valence-corrected chi connectivity index (χ4v) is 1.63. The smallest absolute Gasteiger partial charge is 0.208 e. The largest absolute Gasteiger partial charge is 0.404 e. The fraction of sp³-hybridized carbons (Fsp3) is 0. The van der Waals surface area contributed by atoms with Crippen molar-refractivity contribution in [1.82, 2.24) is 0 Å². The van der Waals surface area contributed by atoms with Crippen molar-refractivity contribution < 1.29 is 13.6 Å². The van der Waals surface area contributed by atoms with E-state index in [-0.39, 0.29) is 4.90 Å². The average molecular weight is 197 g/mol. The first-order chi connectivity index (χ1) is 6.17. The average Bonchev–Trinajstić information content (AvgIpc) is 2.16. The van der Waals surface area contributed by atoms with Crippen LogP contribution in [0.2, 0.25) is 0 Å². The van der Waals surface area contributed by atoms with Crippen LogP contribution < -0.4 is 0 Å². The zero-order chi connectivity index (χ0) is 9.73. The van der Waals surface area contributed by atoms with Crippen molar-refractivity contribution in [1.29, 1.82) is 0 Å². The highest BCUT2D eigenvalue weighted by Crippen LogP contribution is 2.09. The van der Waals surface area contributed by atoms with Gasteiger partial charge in [-0.05, 0) is 17.3 Å². The monoisotopic (exact) mass is 197 g/mol.